The van der Waals surface area contributed by atoms with Crippen molar-refractivity contribution in [2.45, 2.75) is 25.8 Å². The Labute approximate surface area is 126 Å². The zero-order valence-electron chi connectivity index (χ0n) is 12.5. The number of piperidine rings is 1. The first kappa shape index (κ1) is 16.4. The van der Waals surface area contributed by atoms with Crippen LogP contribution in [0, 0.1) is 5.92 Å². The standard InChI is InChI=1S/C13H25N5O2S/c1-14-11-13-3-8-18(9-4-13)21(19,20)16-5-2-7-17-10-6-15-12-17/h6,10,12-14,16H,2-5,7-9,11H2,1H3. The van der Waals surface area contributed by atoms with Crippen LogP contribution in [0.2, 0.25) is 0 Å². The highest BCUT2D eigenvalue weighted by molar-refractivity contribution is 7.87. The topological polar surface area (TPSA) is 79.3 Å². The lowest BCUT2D eigenvalue weighted by molar-refractivity contribution is 0.268. The molecule has 0 bridgehead atoms. The fourth-order valence-electron chi connectivity index (χ4n) is 2.62. The molecular weight excluding hydrogens is 290 g/mol. The Kier molecular flexibility index (Phi) is 6.16. The molecule has 0 spiro atoms. The number of hydrogen-bond donors (Lipinski definition) is 2. The second-order valence-electron chi connectivity index (χ2n) is 5.45. The Balaban J connectivity index is 1.69. The van der Waals surface area contributed by atoms with Crippen LogP contribution in [0.5, 0.6) is 0 Å². The van der Waals surface area contributed by atoms with E-state index in [4.69, 9.17) is 0 Å². The van der Waals surface area contributed by atoms with E-state index in [2.05, 4.69) is 15.0 Å². The van der Waals surface area contributed by atoms with Gasteiger partial charge in [-0.2, -0.15) is 12.7 Å². The molecule has 1 aliphatic rings. The Hall–Kier alpha value is -0.960. The Morgan fingerprint density at radius 2 is 2.10 bits per heavy atom. The van der Waals surface area contributed by atoms with Gasteiger partial charge in [0.1, 0.15) is 0 Å². The summed E-state index contributed by atoms with van der Waals surface area (Å²) in [5.74, 6) is 0.586. The lowest BCUT2D eigenvalue weighted by Crippen LogP contribution is -2.46. The summed E-state index contributed by atoms with van der Waals surface area (Å²) in [7, 11) is -1.39. The van der Waals surface area contributed by atoms with Crippen molar-refractivity contribution < 1.29 is 8.42 Å². The summed E-state index contributed by atoms with van der Waals surface area (Å²) in [5.41, 5.74) is 0. The van der Waals surface area contributed by atoms with Crippen molar-refractivity contribution in [2.75, 3.05) is 33.2 Å². The molecular formula is C13H25N5O2S. The largest absolute Gasteiger partial charge is 0.337 e. The molecule has 0 radical (unpaired) electrons. The summed E-state index contributed by atoms with van der Waals surface area (Å²) < 4.78 is 30.6. The smallest absolute Gasteiger partial charge is 0.279 e. The van der Waals surface area contributed by atoms with Crippen LogP contribution in [0.4, 0.5) is 0 Å². The predicted molar refractivity (Wildman–Crippen MR) is 82.0 cm³/mol. The van der Waals surface area contributed by atoms with Crippen LogP contribution in [0.25, 0.3) is 0 Å². The second-order valence-corrected chi connectivity index (χ2v) is 7.21. The highest BCUT2D eigenvalue weighted by Crippen LogP contribution is 2.18. The van der Waals surface area contributed by atoms with E-state index in [9.17, 15) is 8.42 Å². The van der Waals surface area contributed by atoms with Gasteiger partial charge in [-0.25, -0.2) is 9.71 Å². The molecule has 0 unspecified atom stereocenters. The minimum Gasteiger partial charge on any atom is -0.337 e. The van der Waals surface area contributed by atoms with Crippen LogP contribution in [-0.4, -0.2) is 55.5 Å². The summed E-state index contributed by atoms with van der Waals surface area (Å²) in [6.45, 7) is 3.42. The van der Waals surface area contributed by atoms with E-state index in [1.54, 1.807) is 16.8 Å². The molecule has 0 aliphatic carbocycles. The molecule has 120 valence electrons. The SMILES string of the molecule is CNCC1CCN(S(=O)(=O)NCCCn2ccnc2)CC1. The van der Waals surface area contributed by atoms with Gasteiger partial charge in [0.2, 0.25) is 0 Å². The molecule has 0 atom stereocenters. The number of nitrogens with zero attached hydrogens (tertiary/aromatic N) is 3. The van der Waals surface area contributed by atoms with Crippen molar-refractivity contribution in [2.24, 2.45) is 5.92 Å². The highest BCUT2D eigenvalue weighted by Gasteiger charge is 2.27. The first-order valence-electron chi connectivity index (χ1n) is 7.47. The number of nitrogens with one attached hydrogen (secondary N) is 2. The third kappa shape index (κ3) is 5.06. The Morgan fingerprint density at radius 1 is 1.33 bits per heavy atom. The maximum atomic E-state index is 12.2. The van der Waals surface area contributed by atoms with Gasteiger partial charge in [-0.05, 0) is 38.8 Å². The highest BCUT2D eigenvalue weighted by atomic mass is 32.2. The van der Waals surface area contributed by atoms with Crippen molar-refractivity contribution in [1.29, 1.82) is 0 Å². The lowest BCUT2D eigenvalue weighted by atomic mass is 9.98. The molecule has 8 heteroatoms. The van der Waals surface area contributed by atoms with E-state index in [-0.39, 0.29) is 0 Å². The lowest BCUT2D eigenvalue weighted by Gasteiger charge is -2.31. The van der Waals surface area contributed by atoms with Crippen LogP contribution in [0.1, 0.15) is 19.3 Å². The van der Waals surface area contributed by atoms with E-state index in [1.165, 1.54) is 0 Å². The normalized spacial score (nSPS) is 18.1. The minimum atomic E-state index is -3.32. The fourth-order valence-corrected chi connectivity index (χ4v) is 3.89. The van der Waals surface area contributed by atoms with Crippen molar-refractivity contribution in [3.8, 4) is 0 Å². The summed E-state index contributed by atoms with van der Waals surface area (Å²) >= 11 is 0. The molecule has 0 saturated carbocycles. The molecule has 2 N–H and O–H groups in total. The van der Waals surface area contributed by atoms with Gasteiger partial charge < -0.3 is 9.88 Å². The number of imidazole rings is 1. The van der Waals surface area contributed by atoms with Gasteiger partial charge in [-0.3, -0.25) is 0 Å². The summed E-state index contributed by atoms with van der Waals surface area (Å²) in [6.07, 6.45) is 7.95. The van der Waals surface area contributed by atoms with Gasteiger partial charge >= 0.3 is 0 Å². The number of aromatic nitrogens is 2. The zero-order chi connectivity index (χ0) is 15.1. The number of aryl methyl sites for hydroxylation is 1. The molecule has 21 heavy (non-hydrogen) atoms. The Bertz CT molecular complexity index is 495. The molecule has 0 amide bonds. The average molecular weight is 315 g/mol. The third-order valence-electron chi connectivity index (χ3n) is 3.84. The van der Waals surface area contributed by atoms with Gasteiger partial charge in [0.15, 0.2) is 0 Å². The van der Waals surface area contributed by atoms with Crippen molar-refractivity contribution >= 4 is 10.2 Å². The number of rotatable bonds is 8. The van der Waals surface area contributed by atoms with Crippen LogP contribution >= 0.6 is 0 Å². The predicted octanol–water partition coefficient (Wildman–Crippen LogP) is 0.0390. The van der Waals surface area contributed by atoms with E-state index >= 15 is 0 Å². The maximum Gasteiger partial charge on any atom is 0.279 e. The maximum absolute atomic E-state index is 12.2. The fraction of sp³-hybridized carbons (Fsp3) is 0.769. The first-order chi connectivity index (χ1) is 10.1. The summed E-state index contributed by atoms with van der Waals surface area (Å²) in [4.78, 5) is 3.96. The second kappa shape index (κ2) is 7.88. The minimum absolute atomic E-state index is 0.455. The summed E-state index contributed by atoms with van der Waals surface area (Å²) in [6, 6.07) is 0. The van der Waals surface area contributed by atoms with Crippen LogP contribution < -0.4 is 10.0 Å². The van der Waals surface area contributed by atoms with Gasteiger partial charge in [0.05, 0.1) is 6.33 Å². The van der Waals surface area contributed by atoms with E-state index < -0.39 is 10.2 Å². The molecule has 2 rings (SSSR count). The van der Waals surface area contributed by atoms with Gasteiger partial charge in [0.25, 0.3) is 10.2 Å². The van der Waals surface area contributed by atoms with Gasteiger partial charge in [-0.15, -0.1) is 0 Å². The monoisotopic (exact) mass is 315 g/mol. The molecule has 0 aromatic carbocycles. The van der Waals surface area contributed by atoms with E-state index in [1.807, 2.05) is 17.8 Å². The molecule has 2 heterocycles. The molecule has 7 nitrogen and oxygen atoms in total. The Morgan fingerprint density at radius 3 is 2.71 bits per heavy atom. The van der Waals surface area contributed by atoms with Gasteiger partial charge in [-0.1, -0.05) is 0 Å². The molecule has 1 saturated heterocycles. The van der Waals surface area contributed by atoms with Crippen LogP contribution in [-0.2, 0) is 16.8 Å². The van der Waals surface area contributed by atoms with Crippen LogP contribution in [0.3, 0.4) is 0 Å². The molecule has 1 aromatic rings. The van der Waals surface area contributed by atoms with Crippen molar-refractivity contribution in [3.05, 3.63) is 18.7 Å². The van der Waals surface area contributed by atoms with Gasteiger partial charge in [0, 0.05) is 38.6 Å². The summed E-state index contributed by atoms with van der Waals surface area (Å²) in [5, 5.41) is 3.16. The quantitative estimate of drug-likeness (QED) is 0.664. The van der Waals surface area contributed by atoms with Crippen LogP contribution in [0.15, 0.2) is 18.7 Å². The average Bonchev–Trinajstić information content (AvgIpc) is 2.98. The number of hydrogen-bond acceptors (Lipinski definition) is 4. The first-order valence-corrected chi connectivity index (χ1v) is 8.91. The van der Waals surface area contributed by atoms with Crippen molar-refractivity contribution in [1.82, 2.24) is 23.9 Å². The zero-order valence-corrected chi connectivity index (χ0v) is 13.3. The molecule has 1 fully saturated rings. The van der Waals surface area contributed by atoms with E-state index in [0.29, 0.717) is 25.6 Å². The van der Waals surface area contributed by atoms with Crippen molar-refractivity contribution in [3.63, 3.8) is 0 Å². The molecule has 1 aromatic heterocycles. The third-order valence-corrected chi connectivity index (χ3v) is 5.46. The van der Waals surface area contributed by atoms with E-state index in [0.717, 1.165) is 32.4 Å². The molecule has 1 aliphatic heterocycles.